The zero-order chi connectivity index (χ0) is 12.3. The number of halogens is 2. The maximum atomic E-state index is 5.81. The van der Waals surface area contributed by atoms with Crippen LogP contribution in [0.4, 0.5) is 0 Å². The van der Waals surface area contributed by atoms with Crippen LogP contribution in [0.5, 0.6) is 0 Å². The zero-order valence-electron chi connectivity index (χ0n) is 9.02. The molecule has 0 unspecified atom stereocenters. The van der Waals surface area contributed by atoms with Gasteiger partial charge in [0.15, 0.2) is 5.16 Å². The molecule has 1 heterocycles. The van der Waals surface area contributed by atoms with Crippen LogP contribution < -0.4 is 0 Å². The Kier molecular flexibility index (Phi) is 4.20. The summed E-state index contributed by atoms with van der Waals surface area (Å²) in [7, 11) is 0. The lowest BCUT2D eigenvalue weighted by Gasteiger charge is -2.02. The maximum absolute atomic E-state index is 5.81. The van der Waals surface area contributed by atoms with Gasteiger partial charge in [0.2, 0.25) is 5.28 Å². The lowest BCUT2D eigenvalue weighted by molar-refractivity contribution is 0.858. The molecular formula is C11H9Cl2N3S. The average Bonchev–Trinajstić information content (AvgIpc) is 2.27. The van der Waals surface area contributed by atoms with Crippen molar-refractivity contribution < 1.29 is 0 Å². The van der Waals surface area contributed by atoms with Crippen molar-refractivity contribution >= 4 is 35.0 Å². The van der Waals surface area contributed by atoms with E-state index in [0.29, 0.717) is 11.0 Å². The minimum atomic E-state index is 0.233. The molecule has 1 aromatic heterocycles. The highest BCUT2D eigenvalue weighted by molar-refractivity contribution is 7.98. The van der Waals surface area contributed by atoms with Crippen LogP contribution in [-0.2, 0) is 5.75 Å². The van der Waals surface area contributed by atoms with Gasteiger partial charge < -0.3 is 0 Å². The molecule has 0 bridgehead atoms. The van der Waals surface area contributed by atoms with Crippen LogP contribution in [0.1, 0.15) is 11.4 Å². The Hall–Kier alpha value is -0.840. The number of nitrogens with zero attached hydrogens (tertiary/aromatic N) is 3. The Labute approximate surface area is 114 Å². The molecule has 2 aromatic rings. The van der Waals surface area contributed by atoms with E-state index in [4.69, 9.17) is 23.2 Å². The first-order valence-corrected chi connectivity index (χ1v) is 6.63. The van der Waals surface area contributed by atoms with Crippen molar-refractivity contribution in [2.45, 2.75) is 17.8 Å². The van der Waals surface area contributed by atoms with E-state index in [1.807, 2.05) is 24.3 Å². The van der Waals surface area contributed by atoms with Gasteiger partial charge >= 0.3 is 0 Å². The summed E-state index contributed by atoms with van der Waals surface area (Å²) in [6.07, 6.45) is 0. The molecule has 88 valence electrons. The van der Waals surface area contributed by atoms with E-state index in [0.717, 1.165) is 16.3 Å². The molecule has 2 rings (SSSR count). The van der Waals surface area contributed by atoms with Gasteiger partial charge in [0.1, 0.15) is 5.82 Å². The van der Waals surface area contributed by atoms with Crippen molar-refractivity contribution in [3.8, 4) is 0 Å². The topological polar surface area (TPSA) is 38.7 Å². The number of benzene rings is 1. The first kappa shape index (κ1) is 12.6. The number of aromatic nitrogens is 3. The number of thioether (sulfide) groups is 1. The van der Waals surface area contributed by atoms with Gasteiger partial charge in [0.25, 0.3) is 0 Å². The Morgan fingerprint density at radius 1 is 1.06 bits per heavy atom. The molecule has 3 nitrogen and oxygen atoms in total. The van der Waals surface area contributed by atoms with Gasteiger partial charge in [-0.05, 0) is 36.2 Å². The fourth-order valence-electron chi connectivity index (χ4n) is 1.22. The number of hydrogen-bond donors (Lipinski definition) is 0. The first-order valence-electron chi connectivity index (χ1n) is 4.89. The zero-order valence-corrected chi connectivity index (χ0v) is 11.4. The van der Waals surface area contributed by atoms with Crippen molar-refractivity contribution in [3.63, 3.8) is 0 Å². The van der Waals surface area contributed by atoms with Gasteiger partial charge in [-0.3, -0.25) is 0 Å². The highest BCUT2D eigenvalue weighted by Crippen LogP contribution is 2.21. The van der Waals surface area contributed by atoms with E-state index in [2.05, 4.69) is 15.0 Å². The molecule has 0 radical (unpaired) electrons. The van der Waals surface area contributed by atoms with Crippen LogP contribution >= 0.6 is 35.0 Å². The Bertz CT molecular complexity index is 496. The van der Waals surface area contributed by atoms with Crippen molar-refractivity contribution in [3.05, 3.63) is 46.0 Å². The van der Waals surface area contributed by atoms with Gasteiger partial charge in [-0.1, -0.05) is 35.5 Å². The lowest BCUT2D eigenvalue weighted by atomic mass is 10.2. The first-order chi connectivity index (χ1) is 8.13. The lowest BCUT2D eigenvalue weighted by Crippen LogP contribution is -1.95. The molecule has 0 spiro atoms. The van der Waals surface area contributed by atoms with Crippen LogP contribution in [-0.4, -0.2) is 15.0 Å². The molecule has 0 saturated heterocycles. The van der Waals surface area contributed by atoms with E-state index in [-0.39, 0.29) is 5.28 Å². The van der Waals surface area contributed by atoms with Crippen molar-refractivity contribution in [1.29, 1.82) is 0 Å². The van der Waals surface area contributed by atoms with Crippen LogP contribution in [0.15, 0.2) is 29.4 Å². The van der Waals surface area contributed by atoms with Gasteiger partial charge in [-0.15, -0.1) is 0 Å². The summed E-state index contributed by atoms with van der Waals surface area (Å²) < 4.78 is 0. The summed E-state index contributed by atoms with van der Waals surface area (Å²) in [5.74, 6) is 1.40. The fraction of sp³-hybridized carbons (Fsp3) is 0.182. The molecule has 1 aromatic carbocycles. The molecule has 0 fully saturated rings. The second-order valence-electron chi connectivity index (χ2n) is 3.35. The van der Waals surface area contributed by atoms with E-state index in [9.17, 15) is 0 Å². The van der Waals surface area contributed by atoms with Gasteiger partial charge in [-0.2, -0.15) is 4.98 Å². The van der Waals surface area contributed by atoms with Crippen molar-refractivity contribution in [2.24, 2.45) is 0 Å². The smallest absolute Gasteiger partial charge is 0.208 e. The summed E-state index contributed by atoms with van der Waals surface area (Å²) in [5.41, 5.74) is 1.16. The Morgan fingerprint density at radius 3 is 2.41 bits per heavy atom. The summed E-state index contributed by atoms with van der Waals surface area (Å²) in [4.78, 5) is 12.2. The van der Waals surface area contributed by atoms with Gasteiger partial charge in [0.05, 0.1) is 0 Å². The molecule has 17 heavy (non-hydrogen) atoms. The third-order valence-electron chi connectivity index (χ3n) is 1.98. The van der Waals surface area contributed by atoms with Crippen molar-refractivity contribution in [2.75, 3.05) is 0 Å². The quantitative estimate of drug-likeness (QED) is 0.805. The monoisotopic (exact) mass is 285 g/mol. The van der Waals surface area contributed by atoms with Crippen LogP contribution in [0.3, 0.4) is 0 Å². The van der Waals surface area contributed by atoms with Crippen LogP contribution in [0, 0.1) is 6.92 Å². The molecular weight excluding hydrogens is 277 g/mol. The molecule has 0 saturated carbocycles. The molecule has 0 aliphatic carbocycles. The maximum Gasteiger partial charge on any atom is 0.226 e. The minimum absolute atomic E-state index is 0.233. The number of hydrogen-bond acceptors (Lipinski definition) is 4. The fourth-order valence-corrected chi connectivity index (χ4v) is 2.43. The summed E-state index contributed by atoms with van der Waals surface area (Å²) >= 11 is 13.1. The number of rotatable bonds is 3. The molecule has 0 aliphatic heterocycles. The second-order valence-corrected chi connectivity index (χ2v) is 5.07. The Balaban J connectivity index is 2.04. The van der Waals surface area contributed by atoms with Crippen molar-refractivity contribution in [1.82, 2.24) is 15.0 Å². The Morgan fingerprint density at radius 2 is 1.76 bits per heavy atom. The standard InChI is InChI=1S/C11H9Cl2N3S/c1-7-14-10(13)16-11(15-7)17-6-8-2-4-9(12)5-3-8/h2-5H,6H2,1H3. The average molecular weight is 286 g/mol. The normalized spacial score (nSPS) is 10.5. The van der Waals surface area contributed by atoms with E-state index < -0.39 is 0 Å². The minimum Gasteiger partial charge on any atom is -0.208 e. The van der Waals surface area contributed by atoms with E-state index in [1.165, 1.54) is 11.8 Å². The predicted octanol–water partition coefficient (Wildman–Crippen LogP) is 3.78. The van der Waals surface area contributed by atoms with Gasteiger partial charge in [-0.25, -0.2) is 9.97 Å². The molecule has 0 N–H and O–H groups in total. The third-order valence-corrected chi connectivity index (χ3v) is 3.32. The second kappa shape index (κ2) is 5.67. The summed E-state index contributed by atoms with van der Waals surface area (Å²) in [6.45, 7) is 1.79. The molecule has 0 aliphatic rings. The highest BCUT2D eigenvalue weighted by atomic mass is 35.5. The third kappa shape index (κ3) is 3.84. The summed E-state index contributed by atoms with van der Waals surface area (Å²) in [6, 6.07) is 7.68. The SMILES string of the molecule is Cc1nc(Cl)nc(SCc2ccc(Cl)cc2)n1. The highest BCUT2D eigenvalue weighted by Gasteiger charge is 2.03. The van der Waals surface area contributed by atoms with Gasteiger partial charge in [0, 0.05) is 10.8 Å². The van der Waals surface area contributed by atoms with E-state index in [1.54, 1.807) is 6.92 Å². The molecule has 6 heteroatoms. The van der Waals surface area contributed by atoms with Crippen LogP contribution in [0.2, 0.25) is 10.3 Å². The molecule has 0 atom stereocenters. The molecule has 0 amide bonds. The summed E-state index contributed by atoms with van der Waals surface area (Å²) in [5, 5.41) is 1.60. The largest absolute Gasteiger partial charge is 0.226 e. The van der Waals surface area contributed by atoms with Crippen LogP contribution in [0.25, 0.3) is 0 Å². The van der Waals surface area contributed by atoms with E-state index >= 15 is 0 Å². The predicted molar refractivity (Wildman–Crippen MR) is 70.6 cm³/mol. The number of aryl methyl sites for hydroxylation is 1.